The number of hydrogen-bond donors (Lipinski definition) is 0. The largest absolute Gasteiger partial charge is 0.543 e. The van der Waals surface area contributed by atoms with E-state index in [2.05, 4.69) is 132 Å². The highest BCUT2D eigenvalue weighted by atomic mass is 28.4. The second-order valence-electron chi connectivity index (χ2n) is 15.6. The van der Waals surface area contributed by atoms with Gasteiger partial charge in [0, 0.05) is 21.9 Å². The molecule has 0 saturated carbocycles. The van der Waals surface area contributed by atoms with Gasteiger partial charge >= 0.3 is 0 Å². The molecule has 0 saturated heterocycles. The zero-order valence-corrected chi connectivity index (χ0v) is 32.1. The molecule has 238 valence electrons. The van der Waals surface area contributed by atoms with E-state index in [1.54, 1.807) is 14.2 Å². The summed E-state index contributed by atoms with van der Waals surface area (Å²) in [6, 6.07) is 13.2. The van der Waals surface area contributed by atoms with Gasteiger partial charge in [0.1, 0.15) is 23.0 Å². The summed E-state index contributed by atoms with van der Waals surface area (Å²) in [7, 11) is -0.890. The van der Waals surface area contributed by atoms with Gasteiger partial charge in [0.2, 0.25) is 0 Å². The minimum Gasteiger partial charge on any atom is -0.543 e. The lowest BCUT2D eigenvalue weighted by Crippen LogP contribution is -2.44. The van der Waals surface area contributed by atoms with E-state index < -0.39 is 16.6 Å². The highest BCUT2D eigenvalue weighted by Gasteiger charge is 2.41. The van der Waals surface area contributed by atoms with Gasteiger partial charge in [0.15, 0.2) is 0 Å². The van der Waals surface area contributed by atoms with Gasteiger partial charge in [-0.2, -0.15) is 0 Å². The summed E-state index contributed by atoms with van der Waals surface area (Å²) in [5, 5.41) is 4.49. The first-order valence-electron chi connectivity index (χ1n) is 15.8. The second-order valence-corrected chi connectivity index (χ2v) is 25.1. The Bertz CT molecular complexity index is 1610. The van der Waals surface area contributed by atoms with Crippen LogP contribution >= 0.6 is 0 Å². The highest BCUT2D eigenvalue weighted by molar-refractivity contribution is 6.75. The van der Waals surface area contributed by atoms with Crippen LogP contribution in [0.25, 0.3) is 32.7 Å². The number of aryl methyl sites for hydroxylation is 4. The Hall–Kier alpha value is -2.97. The Morgan fingerprint density at radius 3 is 1.07 bits per heavy atom. The Labute approximate surface area is 268 Å². The fourth-order valence-electron chi connectivity index (χ4n) is 5.42. The van der Waals surface area contributed by atoms with Crippen LogP contribution in [-0.4, -0.2) is 30.9 Å². The molecule has 0 radical (unpaired) electrons. The van der Waals surface area contributed by atoms with Crippen molar-refractivity contribution >= 4 is 38.2 Å². The molecule has 4 nitrogen and oxygen atoms in total. The Morgan fingerprint density at radius 2 is 0.795 bits per heavy atom. The van der Waals surface area contributed by atoms with E-state index in [4.69, 9.17) is 18.3 Å². The van der Waals surface area contributed by atoms with Gasteiger partial charge in [-0.15, -0.1) is 0 Å². The summed E-state index contributed by atoms with van der Waals surface area (Å²) in [6.07, 6.45) is 0. The first-order valence-corrected chi connectivity index (χ1v) is 21.6. The maximum Gasteiger partial charge on any atom is 0.250 e. The van der Waals surface area contributed by atoms with Crippen molar-refractivity contribution in [2.75, 3.05) is 14.2 Å². The molecule has 6 heteroatoms. The summed E-state index contributed by atoms with van der Waals surface area (Å²) < 4.78 is 26.8. The van der Waals surface area contributed by atoms with E-state index in [9.17, 15) is 0 Å². The summed E-state index contributed by atoms with van der Waals surface area (Å²) in [5.41, 5.74) is 6.59. The van der Waals surface area contributed by atoms with Crippen LogP contribution in [0.5, 0.6) is 23.0 Å². The predicted molar refractivity (Wildman–Crippen MR) is 195 cm³/mol. The lowest BCUT2D eigenvalue weighted by Gasteiger charge is -2.37. The molecule has 4 rings (SSSR count). The molecule has 0 amide bonds. The van der Waals surface area contributed by atoms with Gasteiger partial charge in [0.05, 0.1) is 14.2 Å². The minimum absolute atomic E-state index is 0.0348. The van der Waals surface area contributed by atoms with Crippen LogP contribution in [0.3, 0.4) is 0 Å². The van der Waals surface area contributed by atoms with E-state index in [-0.39, 0.29) is 10.1 Å². The number of ether oxygens (including phenoxy) is 2. The number of benzene rings is 4. The van der Waals surface area contributed by atoms with Crippen molar-refractivity contribution in [1.29, 1.82) is 0 Å². The van der Waals surface area contributed by atoms with E-state index >= 15 is 0 Å². The van der Waals surface area contributed by atoms with Gasteiger partial charge < -0.3 is 18.3 Å². The average molecular weight is 631 g/mol. The maximum absolute atomic E-state index is 7.18. The number of fused-ring (bicyclic) bond motifs is 2. The van der Waals surface area contributed by atoms with Crippen molar-refractivity contribution in [3.8, 4) is 34.1 Å². The van der Waals surface area contributed by atoms with Gasteiger partial charge in [-0.3, -0.25) is 0 Å². The second kappa shape index (κ2) is 11.4. The van der Waals surface area contributed by atoms with Crippen LogP contribution in [0.1, 0.15) is 63.8 Å². The lowest BCUT2D eigenvalue weighted by atomic mass is 9.87. The van der Waals surface area contributed by atoms with Gasteiger partial charge in [-0.25, -0.2) is 0 Å². The molecule has 0 spiro atoms. The Balaban J connectivity index is 2.28. The van der Waals surface area contributed by atoms with Crippen molar-refractivity contribution in [3.63, 3.8) is 0 Å². The third-order valence-corrected chi connectivity index (χ3v) is 18.7. The van der Waals surface area contributed by atoms with E-state index in [1.807, 2.05) is 0 Å². The monoisotopic (exact) mass is 630 g/mol. The summed E-state index contributed by atoms with van der Waals surface area (Å²) in [5.74, 6) is 3.39. The van der Waals surface area contributed by atoms with Gasteiger partial charge in [-0.05, 0) is 121 Å². The molecule has 0 atom stereocenters. The van der Waals surface area contributed by atoms with Crippen LogP contribution in [0.15, 0.2) is 36.4 Å². The molecule has 0 aromatic heterocycles. The lowest BCUT2D eigenvalue weighted by molar-refractivity contribution is 0.410. The third kappa shape index (κ3) is 6.00. The van der Waals surface area contributed by atoms with Crippen LogP contribution in [0.2, 0.25) is 36.3 Å². The summed E-state index contributed by atoms with van der Waals surface area (Å²) >= 11 is 0. The minimum atomic E-state index is -2.20. The zero-order valence-electron chi connectivity index (χ0n) is 30.1. The Morgan fingerprint density at radius 1 is 0.477 bits per heavy atom. The molecule has 4 aromatic carbocycles. The number of rotatable bonds is 7. The quantitative estimate of drug-likeness (QED) is 0.190. The van der Waals surface area contributed by atoms with Crippen molar-refractivity contribution in [2.24, 2.45) is 0 Å². The van der Waals surface area contributed by atoms with Crippen molar-refractivity contribution in [1.82, 2.24) is 0 Å². The molecule has 0 aliphatic rings. The van der Waals surface area contributed by atoms with Crippen LogP contribution in [0, 0.1) is 27.7 Å². The molecule has 0 aliphatic heterocycles. The SMILES string of the molecule is COc1cc(C)c2cc(C)cc(O[Si](C)(C)C(C)(C)C)c2c1-c1c(OC)cc(C)c2cc(C)cc(O[Si](C)(C)C(C)(C)C)c12. The fourth-order valence-corrected chi connectivity index (χ4v) is 7.45. The molecule has 0 N–H and O–H groups in total. The zero-order chi connectivity index (χ0) is 33.2. The molecule has 0 fully saturated rings. The van der Waals surface area contributed by atoms with Gasteiger partial charge in [-0.1, -0.05) is 53.7 Å². The van der Waals surface area contributed by atoms with Crippen molar-refractivity contribution < 1.29 is 18.3 Å². The maximum atomic E-state index is 7.18. The van der Waals surface area contributed by atoms with Crippen LogP contribution < -0.4 is 18.3 Å². The summed E-state index contributed by atoms with van der Waals surface area (Å²) in [6.45, 7) is 31.6. The molecular formula is C38H54O4Si2. The van der Waals surface area contributed by atoms with Crippen LogP contribution in [-0.2, 0) is 0 Å². The molecule has 44 heavy (non-hydrogen) atoms. The van der Waals surface area contributed by atoms with E-state index in [0.717, 1.165) is 66.8 Å². The van der Waals surface area contributed by atoms with Crippen molar-refractivity contribution in [3.05, 3.63) is 58.7 Å². The summed E-state index contributed by atoms with van der Waals surface area (Å²) in [4.78, 5) is 0. The first-order chi connectivity index (χ1) is 20.1. The molecule has 0 bridgehead atoms. The highest BCUT2D eigenvalue weighted by Crippen LogP contribution is 2.53. The van der Waals surface area contributed by atoms with Crippen LogP contribution in [0.4, 0.5) is 0 Å². The first kappa shape index (κ1) is 33.9. The molecule has 0 heterocycles. The smallest absolute Gasteiger partial charge is 0.250 e. The fraction of sp³-hybridized carbons (Fsp3) is 0.474. The number of hydrogen-bond acceptors (Lipinski definition) is 4. The standard InChI is InChI=1S/C38H54O4Si2/c1-23-17-27-25(3)21-29(39-11)35(33(27)31(19-23)41-43(13,14)37(5,6)7)36-30(40-12)22-26(4)28-18-24(2)20-32(34(28)36)42-44(15,16)38(8,9)10/h17-22H,1-16H3. The molecule has 4 aromatic rings. The normalized spacial score (nSPS) is 13.0. The Kier molecular flexibility index (Phi) is 8.82. The molecule has 0 aliphatic carbocycles. The van der Waals surface area contributed by atoms with E-state index in [0.29, 0.717) is 0 Å². The molecule has 0 unspecified atom stereocenters. The average Bonchev–Trinajstić information content (AvgIpc) is 2.87. The number of methoxy groups -OCH3 is 2. The van der Waals surface area contributed by atoms with E-state index in [1.165, 1.54) is 11.1 Å². The van der Waals surface area contributed by atoms with Gasteiger partial charge in [0.25, 0.3) is 16.6 Å². The predicted octanol–water partition coefficient (Wildman–Crippen LogP) is 11.7. The molecular weight excluding hydrogens is 577 g/mol. The third-order valence-electron chi connectivity index (χ3n) is 10.1. The van der Waals surface area contributed by atoms with Crippen molar-refractivity contribution in [2.45, 2.75) is 106 Å². The topological polar surface area (TPSA) is 36.9 Å².